The Morgan fingerprint density at radius 3 is 2.68 bits per heavy atom. The van der Waals surface area contributed by atoms with E-state index in [1.807, 2.05) is 36.2 Å². The van der Waals surface area contributed by atoms with Crippen LogP contribution in [-0.2, 0) is 11.3 Å². The number of anilines is 1. The summed E-state index contributed by atoms with van der Waals surface area (Å²) in [6.45, 7) is 1.18. The quantitative estimate of drug-likeness (QED) is 0.710. The Kier molecular flexibility index (Phi) is 5.04. The Balaban J connectivity index is 1.36. The molecule has 144 valence electrons. The van der Waals surface area contributed by atoms with Crippen molar-refractivity contribution in [2.45, 2.75) is 6.54 Å². The Morgan fingerprint density at radius 1 is 1.04 bits per heavy atom. The minimum Gasteiger partial charge on any atom is -0.497 e. The van der Waals surface area contributed by atoms with E-state index in [0.29, 0.717) is 23.7 Å². The number of carbonyl (C=O) groups is 1. The highest BCUT2D eigenvalue weighted by Gasteiger charge is 2.15. The molecule has 0 radical (unpaired) electrons. The average Bonchev–Trinajstić information content (AvgIpc) is 3.15. The van der Waals surface area contributed by atoms with Crippen molar-refractivity contribution in [3.05, 3.63) is 60.2 Å². The van der Waals surface area contributed by atoms with Crippen molar-refractivity contribution < 1.29 is 19.0 Å². The largest absolute Gasteiger partial charge is 0.497 e. The van der Waals surface area contributed by atoms with Gasteiger partial charge in [-0.25, -0.2) is 0 Å². The van der Waals surface area contributed by atoms with Gasteiger partial charge in [-0.05, 0) is 53.7 Å². The Bertz CT molecular complexity index is 1020. The number of hydrogen-bond acceptors (Lipinski definition) is 5. The molecule has 0 saturated carbocycles. The van der Waals surface area contributed by atoms with E-state index in [2.05, 4.69) is 23.5 Å². The molecule has 0 saturated heterocycles. The summed E-state index contributed by atoms with van der Waals surface area (Å²) in [5.74, 6) is 2.12. The van der Waals surface area contributed by atoms with Crippen molar-refractivity contribution in [2.24, 2.45) is 0 Å². The zero-order chi connectivity index (χ0) is 19.5. The molecule has 0 bridgehead atoms. The molecule has 28 heavy (non-hydrogen) atoms. The van der Waals surface area contributed by atoms with E-state index in [0.717, 1.165) is 22.1 Å². The molecule has 6 nitrogen and oxygen atoms in total. The predicted molar refractivity (Wildman–Crippen MR) is 108 cm³/mol. The van der Waals surface area contributed by atoms with Gasteiger partial charge in [-0.2, -0.15) is 0 Å². The van der Waals surface area contributed by atoms with E-state index in [4.69, 9.17) is 14.2 Å². The van der Waals surface area contributed by atoms with Crippen molar-refractivity contribution in [3.8, 4) is 17.2 Å². The summed E-state index contributed by atoms with van der Waals surface area (Å²) in [6, 6.07) is 17.7. The maximum absolute atomic E-state index is 12.4. The lowest BCUT2D eigenvalue weighted by atomic mass is 10.1. The minimum atomic E-state index is -0.0770. The molecular formula is C22H22N2O4. The number of benzene rings is 3. The van der Waals surface area contributed by atoms with Crippen LogP contribution in [0.25, 0.3) is 10.8 Å². The first-order valence-corrected chi connectivity index (χ1v) is 9.05. The molecule has 4 rings (SSSR count). The van der Waals surface area contributed by atoms with Gasteiger partial charge in [0, 0.05) is 18.3 Å². The predicted octanol–water partition coefficient (Wildman–Crippen LogP) is 3.65. The molecule has 1 amide bonds. The van der Waals surface area contributed by atoms with Gasteiger partial charge in [0.2, 0.25) is 12.7 Å². The van der Waals surface area contributed by atoms with Crippen LogP contribution in [0, 0.1) is 0 Å². The fourth-order valence-corrected chi connectivity index (χ4v) is 3.29. The van der Waals surface area contributed by atoms with Crippen LogP contribution in [0.2, 0.25) is 0 Å². The zero-order valence-corrected chi connectivity index (χ0v) is 15.9. The summed E-state index contributed by atoms with van der Waals surface area (Å²) in [5.41, 5.74) is 1.85. The highest BCUT2D eigenvalue weighted by Crippen LogP contribution is 2.34. The van der Waals surface area contributed by atoms with Crippen molar-refractivity contribution in [2.75, 3.05) is 32.8 Å². The normalized spacial score (nSPS) is 12.4. The van der Waals surface area contributed by atoms with Gasteiger partial charge in [-0.3, -0.25) is 9.69 Å². The van der Waals surface area contributed by atoms with E-state index in [-0.39, 0.29) is 19.2 Å². The van der Waals surface area contributed by atoms with Crippen molar-refractivity contribution >= 4 is 22.4 Å². The van der Waals surface area contributed by atoms with Crippen molar-refractivity contribution in [1.29, 1.82) is 0 Å². The number of rotatable bonds is 6. The molecule has 3 aromatic carbocycles. The second kappa shape index (κ2) is 7.78. The van der Waals surface area contributed by atoms with Crippen LogP contribution in [0.3, 0.4) is 0 Å². The second-order valence-electron chi connectivity index (χ2n) is 6.84. The van der Waals surface area contributed by atoms with E-state index >= 15 is 0 Å². The number of fused-ring (bicyclic) bond motifs is 2. The van der Waals surface area contributed by atoms with E-state index in [1.165, 1.54) is 0 Å². The third kappa shape index (κ3) is 4.02. The van der Waals surface area contributed by atoms with Gasteiger partial charge in [0.05, 0.1) is 13.7 Å². The van der Waals surface area contributed by atoms with E-state index in [1.54, 1.807) is 19.2 Å². The van der Waals surface area contributed by atoms with Gasteiger partial charge in [0.15, 0.2) is 11.5 Å². The molecule has 0 aromatic heterocycles. The van der Waals surface area contributed by atoms with Crippen LogP contribution in [0.15, 0.2) is 54.6 Å². The molecule has 0 fully saturated rings. The number of ether oxygens (including phenoxy) is 3. The van der Waals surface area contributed by atoms with Crippen molar-refractivity contribution in [3.63, 3.8) is 0 Å². The third-order valence-electron chi connectivity index (χ3n) is 4.63. The first kappa shape index (κ1) is 18.1. The molecule has 3 aromatic rings. The molecule has 1 aliphatic heterocycles. The minimum absolute atomic E-state index is 0.0770. The number of nitrogens with zero attached hydrogens (tertiary/aromatic N) is 1. The van der Waals surface area contributed by atoms with Crippen LogP contribution >= 0.6 is 0 Å². The highest BCUT2D eigenvalue weighted by molar-refractivity contribution is 5.92. The van der Waals surface area contributed by atoms with Gasteiger partial charge in [-0.15, -0.1) is 0 Å². The number of nitrogens with one attached hydrogen (secondary N) is 1. The molecule has 0 atom stereocenters. The average molecular weight is 378 g/mol. The summed E-state index contributed by atoms with van der Waals surface area (Å²) in [5, 5.41) is 5.18. The van der Waals surface area contributed by atoms with Crippen LogP contribution in [0.1, 0.15) is 5.56 Å². The summed E-state index contributed by atoms with van der Waals surface area (Å²) < 4.78 is 15.9. The van der Waals surface area contributed by atoms with Crippen LogP contribution < -0.4 is 19.5 Å². The number of likely N-dealkylation sites (N-methyl/N-ethyl adjacent to an activating group) is 1. The maximum Gasteiger partial charge on any atom is 0.238 e. The van der Waals surface area contributed by atoms with Crippen LogP contribution in [0.5, 0.6) is 17.2 Å². The topological polar surface area (TPSA) is 60.0 Å². The standard InChI is InChI=1S/C22H22N2O4/c1-24(12-15-3-4-17-10-19(26-2)7-5-16(17)9-15)13-22(25)23-18-6-8-20-21(11-18)28-14-27-20/h3-11H,12-14H2,1-2H3,(H,23,25). The number of carbonyl (C=O) groups excluding carboxylic acids is 1. The van der Waals surface area contributed by atoms with Crippen LogP contribution in [-0.4, -0.2) is 38.3 Å². The maximum atomic E-state index is 12.4. The number of methoxy groups -OCH3 is 1. The monoisotopic (exact) mass is 378 g/mol. The van der Waals surface area contributed by atoms with Crippen LogP contribution in [0.4, 0.5) is 5.69 Å². The van der Waals surface area contributed by atoms with Gasteiger partial charge >= 0.3 is 0 Å². The molecule has 6 heteroatoms. The molecule has 0 spiro atoms. The molecular weight excluding hydrogens is 356 g/mol. The molecule has 1 heterocycles. The second-order valence-corrected chi connectivity index (χ2v) is 6.84. The Hall–Kier alpha value is -3.25. The molecule has 0 aliphatic carbocycles. The summed E-state index contributed by atoms with van der Waals surface area (Å²) in [4.78, 5) is 14.3. The number of hydrogen-bond donors (Lipinski definition) is 1. The fourth-order valence-electron chi connectivity index (χ4n) is 3.29. The summed E-state index contributed by atoms with van der Waals surface area (Å²) in [7, 11) is 3.59. The van der Waals surface area contributed by atoms with E-state index in [9.17, 15) is 4.79 Å². The first-order chi connectivity index (χ1) is 13.6. The Labute approximate surface area is 163 Å². The van der Waals surface area contributed by atoms with Crippen molar-refractivity contribution in [1.82, 2.24) is 4.90 Å². The van der Waals surface area contributed by atoms with Gasteiger partial charge in [0.1, 0.15) is 5.75 Å². The summed E-state index contributed by atoms with van der Waals surface area (Å²) in [6.07, 6.45) is 0. The highest BCUT2D eigenvalue weighted by atomic mass is 16.7. The molecule has 1 N–H and O–H groups in total. The Morgan fingerprint density at radius 2 is 1.82 bits per heavy atom. The van der Waals surface area contributed by atoms with Gasteiger partial charge < -0.3 is 19.5 Å². The smallest absolute Gasteiger partial charge is 0.238 e. The van der Waals surface area contributed by atoms with Gasteiger partial charge in [0.25, 0.3) is 0 Å². The zero-order valence-electron chi connectivity index (χ0n) is 15.9. The molecule has 0 unspecified atom stereocenters. The number of amides is 1. The van der Waals surface area contributed by atoms with E-state index < -0.39 is 0 Å². The lowest BCUT2D eigenvalue weighted by molar-refractivity contribution is -0.117. The van der Waals surface area contributed by atoms with Gasteiger partial charge in [-0.1, -0.05) is 18.2 Å². The molecule has 1 aliphatic rings. The summed E-state index contributed by atoms with van der Waals surface area (Å²) >= 11 is 0. The first-order valence-electron chi connectivity index (χ1n) is 9.05. The lowest BCUT2D eigenvalue weighted by Crippen LogP contribution is -2.29. The third-order valence-corrected chi connectivity index (χ3v) is 4.63. The SMILES string of the molecule is COc1ccc2cc(CN(C)CC(=O)Nc3ccc4c(c3)OCO4)ccc2c1. The fraction of sp³-hybridized carbons (Fsp3) is 0.227. The lowest BCUT2D eigenvalue weighted by Gasteiger charge is -2.17.